The molecule has 0 aromatic heterocycles. The van der Waals surface area contributed by atoms with Gasteiger partial charge in [-0.15, -0.1) is 0 Å². The van der Waals surface area contributed by atoms with E-state index in [1.807, 2.05) is 0 Å². The molecule has 2 aliphatic carbocycles. The zero-order valence-corrected chi connectivity index (χ0v) is 11.3. The van der Waals surface area contributed by atoms with Gasteiger partial charge < -0.3 is 10.4 Å². The van der Waals surface area contributed by atoms with Gasteiger partial charge in [0, 0.05) is 12.6 Å². The highest BCUT2D eigenvalue weighted by Crippen LogP contribution is 2.36. The Kier molecular flexibility index (Phi) is 5.30. The lowest BCUT2D eigenvalue weighted by Crippen LogP contribution is -2.37. The first-order chi connectivity index (χ1) is 8.31. The van der Waals surface area contributed by atoms with E-state index >= 15 is 0 Å². The predicted molar refractivity (Wildman–Crippen MR) is 72.0 cm³/mol. The standard InChI is InChI=1S/C15H29NO/c1-12-5-2-3-8-15(12)13(11-17)9-10-16-14-6-4-7-14/h12-17H,2-11H2,1H3. The van der Waals surface area contributed by atoms with Gasteiger partial charge in [0.1, 0.15) is 0 Å². The van der Waals surface area contributed by atoms with Crippen molar-refractivity contribution in [1.29, 1.82) is 0 Å². The molecule has 0 aromatic carbocycles. The molecule has 0 bridgehead atoms. The molecule has 0 saturated heterocycles. The quantitative estimate of drug-likeness (QED) is 0.747. The average molecular weight is 239 g/mol. The normalized spacial score (nSPS) is 32.1. The second kappa shape index (κ2) is 6.75. The zero-order valence-electron chi connectivity index (χ0n) is 11.3. The molecule has 2 aliphatic rings. The summed E-state index contributed by atoms with van der Waals surface area (Å²) in [4.78, 5) is 0. The summed E-state index contributed by atoms with van der Waals surface area (Å²) in [5.41, 5.74) is 0. The van der Waals surface area contributed by atoms with E-state index in [2.05, 4.69) is 12.2 Å². The van der Waals surface area contributed by atoms with Crippen molar-refractivity contribution in [2.45, 2.75) is 64.3 Å². The highest BCUT2D eigenvalue weighted by Gasteiger charge is 2.28. The topological polar surface area (TPSA) is 32.3 Å². The Morgan fingerprint density at radius 1 is 1.12 bits per heavy atom. The van der Waals surface area contributed by atoms with Crippen LogP contribution in [0.4, 0.5) is 0 Å². The molecule has 17 heavy (non-hydrogen) atoms. The first-order valence-corrected chi connectivity index (χ1v) is 7.65. The summed E-state index contributed by atoms with van der Waals surface area (Å²) in [5.74, 6) is 2.14. The third-order valence-electron chi connectivity index (χ3n) is 5.07. The van der Waals surface area contributed by atoms with E-state index < -0.39 is 0 Å². The van der Waals surface area contributed by atoms with Crippen LogP contribution in [-0.4, -0.2) is 24.3 Å². The second-order valence-electron chi connectivity index (χ2n) is 6.24. The van der Waals surface area contributed by atoms with Crippen LogP contribution in [0.2, 0.25) is 0 Å². The minimum absolute atomic E-state index is 0.390. The summed E-state index contributed by atoms with van der Waals surface area (Å²) in [6.45, 7) is 3.88. The van der Waals surface area contributed by atoms with E-state index in [0.717, 1.165) is 24.4 Å². The van der Waals surface area contributed by atoms with Gasteiger partial charge in [0.15, 0.2) is 0 Å². The molecule has 2 nitrogen and oxygen atoms in total. The molecular formula is C15H29NO. The third-order valence-corrected chi connectivity index (χ3v) is 5.07. The lowest BCUT2D eigenvalue weighted by atomic mass is 9.72. The van der Waals surface area contributed by atoms with Gasteiger partial charge in [-0.25, -0.2) is 0 Å². The molecule has 3 atom stereocenters. The van der Waals surface area contributed by atoms with E-state index in [1.165, 1.54) is 51.4 Å². The molecule has 2 heteroatoms. The molecule has 0 amide bonds. The van der Waals surface area contributed by atoms with Crippen molar-refractivity contribution in [3.63, 3.8) is 0 Å². The highest BCUT2D eigenvalue weighted by atomic mass is 16.3. The van der Waals surface area contributed by atoms with Crippen molar-refractivity contribution < 1.29 is 5.11 Å². The largest absolute Gasteiger partial charge is 0.396 e. The van der Waals surface area contributed by atoms with Crippen LogP contribution in [-0.2, 0) is 0 Å². The molecule has 0 spiro atoms. The molecule has 3 unspecified atom stereocenters. The number of rotatable bonds is 6. The van der Waals surface area contributed by atoms with Crippen LogP contribution in [0.1, 0.15) is 58.3 Å². The van der Waals surface area contributed by atoms with Crippen LogP contribution in [0.5, 0.6) is 0 Å². The summed E-state index contributed by atoms with van der Waals surface area (Å²) < 4.78 is 0. The van der Waals surface area contributed by atoms with Crippen molar-refractivity contribution in [3.8, 4) is 0 Å². The SMILES string of the molecule is CC1CCCCC1C(CO)CCNC1CCC1. The Labute approximate surface area is 106 Å². The zero-order chi connectivity index (χ0) is 12.1. The molecule has 2 saturated carbocycles. The van der Waals surface area contributed by atoms with Crippen LogP contribution in [0, 0.1) is 17.8 Å². The fourth-order valence-corrected chi connectivity index (χ4v) is 3.57. The predicted octanol–water partition coefficient (Wildman–Crippen LogP) is 2.95. The van der Waals surface area contributed by atoms with Crippen LogP contribution < -0.4 is 5.32 Å². The Morgan fingerprint density at radius 3 is 2.47 bits per heavy atom. The maximum atomic E-state index is 9.60. The van der Waals surface area contributed by atoms with Gasteiger partial charge in [-0.2, -0.15) is 0 Å². The lowest BCUT2D eigenvalue weighted by Gasteiger charge is -2.35. The van der Waals surface area contributed by atoms with E-state index in [0.29, 0.717) is 12.5 Å². The summed E-state index contributed by atoms with van der Waals surface area (Å²) >= 11 is 0. The van der Waals surface area contributed by atoms with Crippen molar-refractivity contribution in [2.75, 3.05) is 13.2 Å². The van der Waals surface area contributed by atoms with Gasteiger partial charge in [0.25, 0.3) is 0 Å². The molecule has 0 radical (unpaired) electrons. The van der Waals surface area contributed by atoms with Crippen LogP contribution >= 0.6 is 0 Å². The maximum absolute atomic E-state index is 9.60. The molecule has 100 valence electrons. The third kappa shape index (κ3) is 3.69. The minimum atomic E-state index is 0.390. The van der Waals surface area contributed by atoms with Gasteiger partial charge >= 0.3 is 0 Å². The Balaban J connectivity index is 1.70. The van der Waals surface area contributed by atoms with Crippen molar-refractivity contribution >= 4 is 0 Å². The van der Waals surface area contributed by atoms with Gasteiger partial charge in [0.05, 0.1) is 0 Å². The van der Waals surface area contributed by atoms with Gasteiger partial charge in [0.2, 0.25) is 0 Å². The molecule has 2 rings (SSSR count). The smallest absolute Gasteiger partial charge is 0.0462 e. The van der Waals surface area contributed by atoms with E-state index in [-0.39, 0.29) is 0 Å². The molecule has 2 N–H and O–H groups in total. The number of aliphatic hydroxyl groups excluding tert-OH is 1. The summed E-state index contributed by atoms with van der Waals surface area (Å²) in [6.07, 6.45) is 10.8. The summed E-state index contributed by atoms with van der Waals surface area (Å²) in [7, 11) is 0. The van der Waals surface area contributed by atoms with Gasteiger partial charge in [-0.05, 0) is 50.0 Å². The van der Waals surface area contributed by atoms with Gasteiger partial charge in [-0.1, -0.05) is 32.6 Å². The Morgan fingerprint density at radius 2 is 1.88 bits per heavy atom. The fraction of sp³-hybridized carbons (Fsp3) is 1.00. The average Bonchev–Trinajstić information content (AvgIpc) is 2.28. The van der Waals surface area contributed by atoms with Crippen molar-refractivity contribution in [3.05, 3.63) is 0 Å². The van der Waals surface area contributed by atoms with Crippen molar-refractivity contribution in [2.24, 2.45) is 17.8 Å². The van der Waals surface area contributed by atoms with Gasteiger partial charge in [-0.3, -0.25) is 0 Å². The first-order valence-electron chi connectivity index (χ1n) is 7.65. The molecule has 2 fully saturated rings. The highest BCUT2D eigenvalue weighted by molar-refractivity contribution is 4.81. The first kappa shape index (κ1) is 13.4. The molecule has 0 heterocycles. The Hall–Kier alpha value is -0.0800. The fourth-order valence-electron chi connectivity index (χ4n) is 3.57. The molecular weight excluding hydrogens is 210 g/mol. The van der Waals surface area contributed by atoms with E-state index in [1.54, 1.807) is 0 Å². The summed E-state index contributed by atoms with van der Waals surface area (Å²) in [6, 6.07) is 0.790. The van der Waals surface area contributed by atoms with E-state index in [4.69, 9.17) is 0 Å². The van der Waals surface area contributed by atoms with E-state index in [9.17, 15) is 5.11 Å². The number of nitrogens with one attached hydrogen (secondary N) is 1. The monoisotopic (exact) mass is 239 g/mol. The number of aliphatic hydroxyl groups is 1. The second-order valence-corrected chi connectivity index (χ2v) is 6.24. The molecule has 0 aromatic rings. The lowest BCUT2D eigenvalue weighted by molar-refractivity contribution is 0.102. The number of hydrogen-bond acceptors (Lipinski definition) is 2. The minimum Gasteiger partial charge on any atom is -0.396 e. The van der Waals surface area contributed by atoms with Crippen LogP contribution in [0.15, 0.2) is 0 Å². The van der Waals surface area contributed by atoms with Crippen LogP contribution in [0.3, 0.4) is 0 Å². The Bertz CT molecular complexity index is 215. The maximum Gasteiger partial charge on any atom is 0.0462 e. The number of hydrogen-bond donors (Lipinski definition) is 2. The van der Waals surface area contributed by atoms with Crippen LogP contribution in [0.25, 0.3) is 0 Å². The summed E-state index contributed by atoms with van der Waals surface area (Å²) in [5, 5.41) is 13.2. The molecule has 0 aliphatic heterocycles. The van der Waals surface area contributed by atoms with Crippen molar-refractivity contribution in [1.82, 2.24) is 5.32 Å².